The molecule has 3 heterocycles. The summed E-state index contributed by atoms with van der Waals surface area (Å²) in [4.78, 5) is 17.4. The normalized spacial score (nSPS) is 16.2. The van der Waals surface area contributed by atoms with Gasteiger partial charge < -0.3 is 4.90 Å². The number of nitrogens with zero attached hydrogens (tertiary/aromatic N) is 4. The molecule has 0 spiro atoms. The molecule has 0 aliphatic carbocycles. The highest BCUT2D eigenvalue weighted by atomic mass is 35.5. The minimum atomic E-state index is -0.210. The minimum absolute atomic E-state index is 0.00205. The van der Waals surface area contributed by atoms with Crippen LogP contribution in [0.3, 0.4) is 0 Å². The molecule has 33 heavy (non-hydrogen) atoms. The summed E-state index contributed by atoms with van der Waals surface area (Å²) in [5.41, 5.74) is 3.39. The first-order chi connectivity index (χ1) is 15.8. The number of hydrogen-bond acceptors (Lipinski definition) is 4. The highest BCUT2D eigenvalue weighted by molar-refractivity contribution is 7.08. The summed E-state index contributed by atoms with van der Waals surface area (Å²) in [6.07, 6.45) is 2.39. The number of aromatic nitrogens is 2. The lowest BCUT2D eigenvalue weighted by molar-refractivity contribution is 0.0583. The van der Waals surface area contributed by atoms with Crippen LogP contribution in [0.5, 0.6) is 0 Å². The Morgan fingerprint density at radius 3 is 2.64 bits per heavy atom. The molecule has 0 unspecified atom stereocenters. The van der Waals surface area contributed by atoms with Crippen molar-refractivity contribution in [3.63, 3.8) is 0 Å². The van der Waals surface area contributed by atoms with Gasteiger partial charge in [-0.05, 0) is 68.3 Å². The lowest BCUT2D eigenvalue weighted by Crippen LogP contribution is -2.47. The summed E-state index contributed by atoms with van der Waals surface area (Å²) in [6.45, 7) is 4.57. The van der Waals surface area contributed by atoms with Gasteiger partial charge in [0.1, 0.15) is 11.0 Å². The van der Waals surface area contributed by atoms with Gasteiger partial charge in [-0.2, -0.15) is 16.4 Å². The molecule has 0 N–H and O–H groups in total. The second-order valence-corrected chi connectivity index (χ2v) is 10.0. The molecule has 1 amide bonds. The predicted molar refractivity (Wildman–Crippen MR) is 131 cm³/mol. The summed E-state index contributed by atoms with van der Waals surface area (Å²) in [5, 5.41) is 8.90. The molecule has 8 heteroatoms. The van der Waals surface area contributed by atoms with Gasteiger partial charge in [-0.3, -0.25) is 14.4 Å². The summed E-state index contributed by atoms with van der Waals surface area (Å²) >= 11 is 7.95. The van der Waals surface area contributed by atoms with E-state index in [2.05, 4.69) is 10.00 Å². The second kappa shape index (κ2) is 10.4. The molecule has 1 fully saturated rings. The van der Waals surface area contributed by atoms with Crippen LogP contribution in [0, 0.1) is 18.7 Å². The number of carbonyl (C=O) groups excluding carboxylic acids is 1. The lowest BCUT2D eigenvalue weighted by atomic mass is 9.84. The van der Waals surface area contributed by atoms with Gasteiger partial charge in [0.15, 0.2) is 0 Å². The Hall–Kier alpha value is -2.22. The number of piperidine rings is 1. The van der Waals surface area contributed by atoms with Crippen LogP contribution in [0.25, 0.3) is 0 Å². The third-order valence-electron chi connectivity index (χ3n) is 6.80. The SMILES string of the molecule is Cc1nn(C)c(Cl)c1CN1CCC([C@@H](Cc2ccccc2F)N(C)C(=O)c2ccsc2)CC1. The molecule has 1 aliphatic heterocycles. The highest BCUT2D eigenvalue weighted by Gasteiger charge is 2.33. The van der Waals surface area contributed by atoms with E-state index in [0.29, 0.717) is 28.6 Å². The molecular weight excluding hydrogens is 459 g/mol. The number of benzene rings is 1. The minimum Gasteiger partial charge on any atom is -0.338 e. The van der Waals surface area contributed by atoms with E-state index in [1.54, 1.807) is 10.7 Å². The maximum atomic E-state index is 14.5. The van der Waals surface area contributed by atoms with Crippen molar-refractivity contribution >= 4 is 28.8 Å². The van der Waals surface area contributed by atoms with E-state index < -0.39 is 0 Å². The van der Waals surface area contributed by atoms with Gasteiger partial charge in [0.05, 0.1) is 11.3 Å². The molecule has 0 saturated carbocycles. The Balaban J connectivity index is 1.49. The van der Waals surface area contributed by atoms with Crippen molar-refractivity contribution in [2.24, 2.45) is 13.0 Å². The first-order valence-electron chi connectivity index (χ1n) is 11.3. The molecule has 3 aromatic rings. The van der Waals surface area contributed by atoms with Crippen LogP contribution in [0.1, 0.15) is 40.0 Å². The number of amides is 1. The Kier molecular flexibility index (Phi) is 7.51. The van der Waals surface area contributed by atoms with Crippen molar-refractivity contribution in [1.29, 1.82) is 0 Å². The van der Waals surface area contributed by atoms with Crippen LogP contribution < -0.4 is 0 Å². The van der Waals surface area contributed by atoms with Crippen molar-refractivity contribution < 1.29 is 9.18 Å². The van der Waals surface area contributed by atoms with Crippen molar-refractivity contribution in [3.05, 3.63) is 74.4 Å². The van der Waals surface area contributed by atoms with Crippen LogP contribution in [0.4, 0.5) is 4.39 Å². The fourth-order valence-electron chi connectivity index (χ4n) is 4.82. The highest BCUT2D eigenvalue weighted by Crippen LogP contribution is 2.30. The predicted octanol–water partition coefficient (Wildman–Crippen LogP) is 5.18. The number of thiophene rings is 1. The Morgan fingerprint density at radius 1 is 1.30 bits per heavy atom. The van der Waals surface area contributed by atoms with Gasteiger partial charge >= 0.3 is 0 Å². The van der Waals surface area contributed by atoms with Crippen LogP contribution >= 0.6 is 22.9 Å². The number of hydrogen-bond donors (Lipinski definition) is 0. The Bertz CT molecular complexity index is 1090. The van der Waals surface area contributed by atoms with Crippen LogP contribution in [-0.2, 0) is 20.0 Å². The zero-order valence-electron chi connectivity index (χ0n) is 19.3. The maximum Gasteiger partial charge on any atom is 0.254 e. The van der Waals surface area contributed by atoms with E-state index >= 15 is 0 Å². The monoisotopic (exact) mass is 488 g/mol. The first kappa shape index (κ1) is 23.9. The summed E-state index contributed by atoms with van der Waals surface area (Å²) in [7, 11) is 3.72. The van der Waals surface area contributed by atoms with E-state index in [-0.39, 0.29) is 17.8 Å². The number of rotatable bonds is 7. The van der Waals surface area contributed by atoms with Crippen LogP contribution in [0.15, 0.2) is 41.1 Å². The zero-order chi connectivity index (χ0) is 23.5. The average Bonchev–Trinajstić information content (AvgIpc) is 3.43. The smallest absolute Gasteiger partial charge is 0.254 e. The third kappa shape index (κ3) is 5.31. The third-order valence-corrected chi connectivity index (χ3v) is 7.96. The summed E-state index contributed by atoms with van der Waals surface area (Å²) < 4.78 is 16.2. The van der Waals surface area contributed by atoms with E-state index in [0.717, 1.165) is 43.7 Å². The average molecular weight is 489 g/mol. The molecule has 0 radical (unpaired) electrons. The largest absolute Gasteiger partial charge is 0.338 e. The second-order valence-electron chi connectivity index (χ2n) is 8.88. The summed E-state index contributed by atoms with van der Waals surface area (Å²) in [6, 6.07) is 8.67. The number of halogens is 2. The van der Waals surface area contributed by atoms with Gasteiger partial charge in [0, 0.05) is 37.6 Å². The molecule has 1 aromatic carbocycles. The van der Waals surface area contributed by atoms with E-state index in [1.165, 1.54) is 17.4 Å². The van der Waals surface area contributed by atoms with Crippen molar-refractivity contribution in [2.75, 3.05) is 20.1 Å². The van der Waals surface area contributed by atoms with E-state index in [9.17, 15) is 9.18 Å². The maximum absolute atomic E-state index is 14.5. The Morgan fingerprint density at radius 2 is 2.03 bits per heavy atom. The van der Waals surface area contributed by atoms with Gasteiger partial charge in [-0.15, -0.1) is 0 Å². The molecule has 5 nitrogen and oxygen atoms in total. The van der Waals surface area contributed by atoms with Gasteiger partial charge in [0.2, 0.25) is 0 Å². The number of likely N-dealkylation sites (tertiary alicyclic amines) is 1. The molecule has 0 bridgehead atoms. The van der Waals surface area contributed by atoms with Crippen LogP contribution in [-0.4, -0.2) is 51.7 Å². The topological polar surface area (TPSA) is 41.4 Å². The van der Waals surface area contributed by atoms with Gasteiger partial charge in [-0.25, -0.2) is 4.39 Å². The lowest BCUT2D eigenvalue weighted by Gasteiger charge is -2.40. The van der Waals surface area contributed by atoms with Crippen molar-refractivity contribution in [3.8, 4) is 0 Å². The quantitative estimate of drug-likeness (QED) is 0.460. The van der Waals surface area contributed by atoms with E-state index in [1.807, 2.05) is 54.9 Å². The Labute approximate surface area is 203 Å². The molecular formula is C25H30ClFN4OS. The van der Waals surface area contributed by atoms with Gasteiger partial charge in [-0.1, -0.05) is 29.8 Å². The summed E-state index contributed by atoms with van der Waals surface area (Å²) in [5.74, 6) is 0.0784. The van der Waals surface area contributed by atoms with Crippen molar-refractivity contribution in [1.82, 2.24) is 19.6 Å². The molecule has 1 aliphatic rings. The first-order valence-corrected chi connectivity index (χ1v) is 12.6. The molecule has 4 rings (SSSR count). The standard InChI is InChI=1S/C25H30ClFN4OS/c1-17-21(24(26)30(3)28-17)15-31-11-8-18(9-12-31)23(14-19-6-4-5-7-22(19)27)29(2)25(32)20-10-13-33-16-20/h4-7,10,13,16,18,23H,8-9,11-12,14-15H2,1-3H3/t23-/m1/s1. The number of likely N-dealkylation sites (N-methyl/N-ethyl adjacent to an activating group) is 1. The zero-order valence-corrected chi connectivity index (χ0v) is 20.9. The number of carbonyl (C=O) groups is 1. The fraction of sp³-hybridized carbons (Fsp3) is 0.440. The molecule has 1 atom stereocenters. The van der Waals surface area contributed by atoms with Gasteiger partial charge in [0.25, 0.3) is 5.91 Å². The molecule has 1 saturated heterocycles. The molecule has 2 aromatic heterocycles. The van der Waals surface area contributed by atoms with E-state index in [4.69, 9.17) is 11.6 Å². The molecule has 176 valence electrons. The fourth-order valence-corrected chi connectivity index (χ4v) is 5.69. The van der Waals surface area contributed by atoms with Crippen molar-refractivity contribution in [2.45, 2.75) is 38.8 Å². The van der Waals surface area contributed by atoms with Crippen LogP contribution in [0.2, 0.25) is 5.15 Å². The number of aryl methyl sites for hydroxylation is 2.